The zero-order valence-corrected chi connectivity index (χ0v) is 13.3. The number of hydrogen-bond donors (Lipinski definition) is 1. The zero-order chi connectivity index (χ0) is 13.8. The molecular weight excluding hydrogens is 318 g/mol. The Morgan fingerprint density at radius 1 is 1.30 bits per heavy atom. The standard InChI is InChI=1S/C16H22BrNO2/c17-15-10-12(9-14-11-18-7-8-19-14)5-6-16(15)20-13-3-1-2-4-13/h5-6,10,13-14,18H,1-4,7-9,11H2. The smallest absolute Gasteiger partial charge is 0.133 e. The summed E-state index contributed by atoms with van der Waals surface area (Å²) in [5.74, 6) is 0.975. The van der Waals surface area contributed by atoms with E-state index in [2.05, 4.69) is 39.4 Å². The minimum Gasteiger partial charge on any atom is -0.489 e. The molecule has 4 heteroatoms. The molecule has 110 valence electrons. The van der Waals surface area contributed by atoms with E-state index in [0.29, 0.717) is 6.10 Å². The number of benzene rings is 1. The van der Waals surface area contributed by atoms with Crippen molar-refractivity contribution >= 4 is 15.9 Å². The van der Waals surface area contributed by atoms with Gasteiger partial charge in [0.05, 0.1) is 23.3 Å². The summed E-state index contributed by atoms with van der Waals surface area (Å²) in [4.78, 5) is 0. The van der Waals surface area contributed by atoms with Gasteiger partial charge in [0.15, 0.2) is 0 Å². The topological polar surface area (TPSA) is 30.5 Å². The van der Waals surface area contributed by atoms with Crippen LogP contribution in [0, 0.1) is 0 Å². The van der Waals surface area contributed by atoms with Crippen LogP contribution in [-0.4, -0.2) is 31.9 Å². The normalized spacial score (nSPS) is 23.9. The van der Waals surface area contributed by atoms with Gasteiger partial charge < -0.3 is 14.8 Å². The van der Waals surface area contributed by atoms with Gasteiger partial charge in [-0.05, 0) is 65.7 Å². The van der Waals surface area contributed by atoms with Crippen molar-refractivity contribution < 1.29 is 9.47 Å². The lowest BCUT2D eigenvalue weighted by atomic mass is 10.1. The van der Waals surface area contributed by atoms with Gasteiger partial charge in [0.25, 0.3) is 0 Å². The van der Waals surface area contributed by atoms with E-state index < -0.39 is 0 Å². The molecule has 2 fully saturated rings. The van der Waals surface area contributed by atoms with E-state index in [9.17, 15) is 0 Å². The SMILES string of the molecule is Brc1cc(CC2CNCCO2)ccc1OC1CCCC1. The summed E-state index contributed by atoms with van der Waals surface area (Å²) in [5, 5.41) is 3.37. The molecule has 1 aliphatic carbocycles. The maximum Gasteiger partial charge on any atom is 0.133 e. The van der Waals surface area contributed by atoms with Gasteiger partial charge in [-0.1, -0.05) is 6.07 Å². The van der Waals surface area contributed by atoms with Crippen LogP contribution in [0.1, 0.15) is 31.2 Å². The summed E-state index contributed by atoms with van der Waals surface area (Å²) in [5.41, 5.74) is 1.30. The third-order valence-corrected chi connectivity index (χ3v) is 4.68. The Bertz CT molecular complexity index is 440. The molecule has 3 nitrogen and oxygen atoms in total. The van der Waals surface area contributed by atoms with E-state index >= 15 is 0 Å². The molecule has 1 saturated carbocycles. The predicted molar refractivity (Wildman–Crippen MR) is 83.3 cm³/mol. The molecule has 1 saturated heterocycles. The fourth-order valence-electron chi connectivity index (χ4n) is 2.97. The second kappa shape index (κ2) is 6.92. The van der Waals surface area contributed by atoms with Crippen molar-refractivity contribution in [2.45, 2.75) is 44.3 Å². The first-order valence-corrected chi connectivity index (χ1v) is 8.38. The monoisotopic (exact) mass is 339 g/mol. The van der Waals surface area contributed by atoms with Crippen LogP contribution in [0.3, 0.4) is 0 Å². The lowest BCUT2D eigenvalue weighted by Crippen LogP contribution is -2.39. The molecule has 0 spiro atoms. The second-order valence-corrected chi connectivity index (χ2v) is 6.54. The Labute approximate surface area is 129 Å². The van der Waals surface area contributed by atoms with Crippen molar-refractivity contribution in [2.75, 3.05) is 19.7 Å². The van der Waals surface area contributed by atoms with Crippen molar-refractivity contribution in [3.63, 3.8) is 0 Å². The molecule has 1 aromatic carbocycles. The number of nitrogens with one attached hydrogen (secondary N) is 1. The minimum atomic E-state index is 0.289. The van der Waals surface area contributed by atoms with E-state index in [4.69, 9.17) is 9.47 Å². The number of ether oxygens (including phenoxy) is 2. The van der Waals surface area contributed by atoms with Crippen molar-refractivity contribution in [2.24, 2.45) is 0 Å². The molecule has 0 bridgehead atoms. The predicted octanol–water partition coefficient (Wildman–Crippen LogP) is 3.30. The molecule has 0 amide bonds. The molecule has 1 aliphatic heterocycles. The number of halogens is 1. The van der Waals surface area contributed by atoms with Crippen LogP contribution in [0.25, 0.3) is 0 Å². The van der Waals surface area contributed by atoms with Crippen LogP contribution < -0.4 is 10.1 Å². The Morgan fingerprint density at radius 2 is 2.15 bits per heavy atom. The summed E-state index contributed by atoms with van der Waals surface area (Å²) in [6.45, 7) is 2.72. The maximum absolute atomic E-state index is 6.06. The van der Waals surface area contributed by atoms with Gasteiger partial charge in [-0.15, -0.1) is 0 Å². The summed E-state index contributed by atoms with van der Waals surface area (Å²) in [6.07, 6.45) is 6.62. The zero-order valence-electron chi connectivity index (χ0n) is 11.7. The summed E-state index contributed by atoms with van der Waals surface area (Å²) >= 11 is 3.64. The Morgan fingerprint density at radius 3 is 2.85 bits per heavy atom. The van der Waals surface area contributed by atoms with Crippen molar-refractivity contribution in [1.29, 1.82) is 0 Å². The molecule has 2 aliphatic rings. The lowest BCUT2D eigenvalue weighted by molar-refractivity contribution is 0.0292. The van der Waals surface area contributed by atoms with Crippen molar-refractivity contribution in [1.82, 2.24) is 5.32 Å². The highest BCUT2D eigenvalue weighted by atomic mass is 79.9. The maximum atomic E-state index is 6.06. The first-order valence-electron chi connectivity index (χ1n) is 7.58. The van der Waals surface area contributed by atoms with Crippen LogP contribution in [-0.2, 0) is 11.2 Å². The number of morpholine rings is 1. The number of hydrogen-bond acceptors (Lipinski definition) is 3. The van der Waals surface area contributed by atoms with Crippen LogP contribution in [0.4, 0.5) is 0 Å². The van der Waals surface area contributed by atoms with Gasteiger partial charge in [0.1, 0.15) is 5.75 Å². The van der Waals surface area contributed by atoms with Crippen LogP contribution in [0.5, 0.6) is 5.75 Å². The molecule has 1 N–H and O–H groups in total. The van der Waals surface area contributed by atoms with Crippen molar-refractivity contribution in [3.05, 3.63) is 28.2 Å². The molecule has 3 rings (SSSR count). The second-order valence-electron chi connectivity index (χ2n) is 5.69. The van der Waals surface area contributed by atoms with E-state index in [0.717, 1.165) is 36.3 Å². The van der Waals surface area contributed by atoms with Crippen LogP contribution in [0.15, 0.2) is 22.7 Å². The van der Waals surface area contributed by atoms with Gasteiger partial charge in [0, 0.05) is 13.1 Å². The molecule has 1 atom stereocenters. The quantitative estimate of drug-likeness (QED) is 0.912. The van der Waals surface area contributed by atoms with Gasteiger partial charge in [-0.2, -0.15) is 0 Å². The Balaban J connectivity index is 1.60. The Kier molecular flexibility index (Phi) is 4.97. The fraction of sp³-hybridized carbons (Fsp3) is 0.625. The summed E-state index contributed by atoms with van der Waals surface area (Å²) in [6, 6.07) is 6.42. The van der Waals surface area contributed by atoms with Gasteiger partial charge in [-0.3, -0.25) is 0 Å². The lowest BCUT2D eigenvalue weighted by Gasteiger charge is -2.24. The van der Waals surface area contributed by atoms with Crippen LogP contribution in [0.2, 0.25) is 0 Å². The highest BCUT2D eigenvalue weighted by molar-refractivity contribution is 9.10. The average Bonchev–Trinajstić information content (AvgIpc) is 2.96. The largest absolute Gasteiger partial charge is 0.489 e. The molecule has 0 radical (unpaired) electrons. The molecule has 1 aromatic rings. The molecular formula is C16H22BrNO2. The first kappa shape index (κ1) is 14.4. The Hall–Kier alpha value is -0.580. The summed E-state index contributed by atoms with van der Waals surface area (Å²) in [7, 11) is 0. The van der Waals surface area contributed by atoms with E-state index in [1.165, 1.54) is 31.2 Å². The summed E-state index contributed by atoms with van der Waals surface area (Å²) < 4.78 is 12.9. The van der Waals surface area contributed by atoms with Gasteiger partial charge in [0.2, 0.25) is 0 Å². The van der Waals surface area contributed by atoms with Crippen molar-refractivity contribution in [3.8, 4) is 5.75 Å². The molecule has 0 aromatic heterocycles. The van der Waals surface area contributed by atoms with Gasteiger partial charge >= 0.3 is 0 Å². The highest BCUT2D eigenvalue weighted by Gasteiger charge is 2.18. The molecule has 20 heavy (non-hydrogen) atoms. The fourth-order valence-corrected chi connectivity index (χ4v) is 3.49. The van der Waals surface area contributed by atoms with Gasteiger partial charge in [-0.25, -0.2) is 0 Å². The minimum absolute atomic E-state index is 0.289. The first-order chi connectivity index (χ1) is 9.81. The van der Waals surface area contributed by atoms with E-state index in [1.807, 2.05) is 0 Å². The molecule has 1 heterocycles. The molecule has 1 unspecified atom stereocenters. The van der Waals surface area contributed by atoms with E-state index in [1.54, 1.807) is 0 Å². The third kappa shape index (κ3) is 3.74. The van der Waals surface area contributed by atoms with E-state index in [-0.39, 0.29) is 6.10 Å². The number of rotatable bonds is 4. The highest BCUT2D eigenvalue weighted by Crippen LogP contribution is 2.31. The average molecular weight is 340 g/mol. The third-order valence-electron chi connectivity index (χ3n) is 4.06. The van der Waals surface area contributed by atoms with Crippen LogP contribution >= 0.6 is 15.9 Å².